The lowest BCUT2D eigenvalue weighted by Crippen LogP contribution is -2.34. The Morgan fingerprint density at radius 2 is 1.89 bits per heavy atom. The minimum absolute atomic E-state index is 0.0489. The van der Waals surface area contributed by atoms with Gasteiger partial charge in [0.05, 0.1) is 0 Å². The summed E-state index contributed by atoms with van der Waals surface area (Å²) >= 11 is 0. The van der Waals surface area contributed by atoms with Crippen LogP contribution in [0.2, 0.25) is 0 Å². The zero-order valence-electron chi connectivity index (χ0n) is 11.4. The number of aliphatic carboxylic acids is 1. The summed E-state index contributed by atoms with van der Waals surface area (Å²) < 4.78 is 0. The smallest absolute Gasteiger partial charge is 0.303 e. The van der Waals surface area contributed by atoms with Crippen molar-refractivity contribution in [2.75, 3.05) is 6.54 Å². The number of carboxylic acid groups (broad SMARTS) is 1. The Bertz CT molecular complexity index is 283. The Labute approximate surface area is 109 Å². The highest BCUT2D eigenvalue weighted by Crippen LogP contribution is 2.25. The van der Waals surface area contributed by atoms with Crippen molar-refractivity contribution in [1.82, 2.24) is 5.32 Å². The topological polar surface area (TPSA) is 66.4 Å². The third kappa shape index (κ3) is 5.52. The van der Waals surface area contributed by atoms with E-state index in [1.165, 1.54) is 0 Å². The predicted octanol–water partition coefficient (Wildman–Crippen LogP) is 2.43. The zero-order valence-corrected chi connectivity index (χ0v) is 11.4. The fourth-order valence-corrected chi connectivity index (χ4v) is 2.73. The molecule has 1 amide bonds. The Morgan fingerprint density at radius 3 is 2.39 bits per heavy atom. The van der Waals surface area contributed by atoms with E-state index in [-0.39, 0.29) is 24.2 Å². The van der Waals surface area contributed by atoms with Crippen LogP contribution in [-0.4, -0.2) is 23.5 Å². The number of carboxylic acids is 1. The maximum atomic E-state index is 11.9. The van der Waals surface area contributed by atoms with Crippen LogP contribution in [0.5, 0.6) is 0 Å². The van der Waals surface area contributed by atoms with Gasteiger partial charge in [0.2, 0.25) is 5.91 Å². The van der Waals surface area contributed by atoms with Gasteiger partial charge < -0.3 is 10.4 Å². The van der Waals surface area contributed by atoms with Gasteiger partial charge in [-0.1, -0.05) is 26.7 Å². The molecule has 4 heteroatoms. The van der Waals surface area contributed by atoms with Crippen molar-refractivity contribution in [2.45, 2.75) is 52.4 Å². The molecule has 104 valence electrons. The summed E-state index contributed by atoms with van der Waals surface area (Å²) in [4.78, 5) is 22.6. The maximum absolute atomic E-state index is 11.9. The molecule has 1 fully saturated rings. The van der Waals surface area contributed by atoms with Gasteiger partial charge in [-0.05, 0) is 31.1 Å². The van der Waals surface area contributed by atoms with E-state index in [1.54, 1.807) is 0 Å². The van der Waals surface area contributed by atoms with E-state index in [0.717, 1.165) is 32.1 Å². The first-order chi connectivity index (χ1) is 8.49. The van der Waals surface area contributed by atoms with Crippen molar-refractivity contribution >= 4 is 11.9 Å². The summed E-state index contributed by atoms with van der Waals surface area (Å²) in [5.41, 5.74) is 0. The maximum Gasteiger partial charge on any atom is 0.303 e. The summed E-state index contributed by atoms with van der Waals surface area (Å²) in [6, 6.07) is 0. The Morgan fingerprint density at radius 1 is 1.28 bits per heavy atom. The molecular weight excluding hydrogens is 230 g/mol. The van der Waals surface area contributed by atoms with Gasteiger partial charge in [0.15, 0.2) is 0 Å². The Kier molecular flexibility index (Phi) is 6.16. The SMILES string of the molecule is CC(C)C[C@H](CNC(=O)C1CCCC1)CC(=O)O. The molecule has 0 unspecified atom stereocenters. The van der Waals surface area contributed by atoms with Crippen LogP contribution < -0.4 is 5.32 Å². The summed E-state index contributed by atoms with van der Waals surface area (Å²) in [6.45, 7) is 4.65. The molecule has 2 N–H and O–H groups in total. The van der Waals surface area contributed by atoms with Crippen LogP contribution in [0.15, 0.2) is 0 Å². The van der Waals surface area contributed by atoms with Gasteiger partial charge >= 0.3 is 5.97 Å². The van der Waals surface area contributed by atoms with Crippen LogP contribution in [0.1, 0.15) is 52.4 Å². The molecule has 1 aliphatic carbocycles. The van der Waals surface area contributed by atoms with Gasteiger partial charge in [0.1, 0.15) is 0 Å². The lowest BCUT2D eigenvalue weighted by molar-refractivity contribution is -0.138. The molecule has 1 rings (SSSR count). The van der Waals surface area contributed by atoms with Crippen molar-refractivity contribution < 1.29 is 14.7 Å². The van der Waals surface area contributed by atoms with Gasteiger partial charge in [-0.3, -0.25) is 9.59 Å². The summed E-state index contributed by atoms with van der Waals surface area (Å²) in [5.74, 6) is 0.00234. The first-order valence-corrected chi connectivity index (χ1v) is 6.98. The molecular formula is C14H25NO3. The fourth-order valence-electron chi connectivity index (χ4n) is 2.73. The number of carbonyl (C=O) groups excluding carboxylic acids is 1. The van der Waals surface area contributed by atoms with Gasteiger partial charge in [-0.2, -0.15) is 0 Å². The summed E-state index contributed by atoms with van der Waals surface area (Å²) in [6.07, 6.45) is 5.24. The third-order valence-corrected chi connectivity index (χ3v) is 3.56. The predicted molar refractivity (Wildman–Crippen MR) is 70.2 cm³/mol. The number of amides is 1. The first kappa shape index (κ1) is 15.0. The largest absolute Gasteiger partial charge is 0.481 e. The van der Waals surface area contributed by atoms with Gasteiger partial charge in [-0.25, -0.2) is 0 Å². The average molecular weight is 255 g/mol. The highest BCUT2D eigenvalue weighted by molar-refractivity contribution is 5.78. The van der Waals surface area contributed by atoms with E-state index in [9.17, 15) is 9.59 Å². The number of carbonyl (C=O) groups is 2. The van der Waals surface area contributed by atoms with Crippen LogP contribution in [0.3, 0.4) is 0 Å². The molecule has 4 nitrogen and oxygen atoms in total. The second-order valence-electron chi connectivity index (χ2n) is 5.82. The molecule has 0 spiro atoms. The molecule has 0 saturated heterocycles. The molecule has 0 aromatic heterocycles. The molecule has 0 heterocycles. The molecule has 18 heavy (non-hydrogen) atoms. The fraction of sp³-hybridized carbons (Fsp3) is 0.857. The highest BCUT2D eigenvalue weighted by Gasteiger charge is 2.23. The van der Waals surface area contributed by atoms with Crippen molar-refractivity contribution in [3.8, 4) is 0 Å². The minimum atomic E-state index is -0.782. The average Bonchev–Trinajstić information content (AvgIpc) is 2.77. The van der Waals surface area contributed by atoms with Crippen LogP contribution in [0, 0.1) is 17.8 Å². The molecule has 1 saturated carbocycles. The number of hydrogen-bond donors (Lipinski definition) is 2. The molecule has 1 atom stereocenters. The molecule has 0 radical (unpaired) electrons. The van der Waals surface area contributed by atoms with E-state index in [2.05, 4.69) is 19.2 Å². The molecule has 1 aliphatic rings. The lowest BCUT2D eigenvalue weighted by Gasteiger charge is -2.19. The van der Waals surface area contributed by atoms with Crippen LogP contribution in [-0.2, 0) is 9.59 Å². The second kappa shape index (κ2) is 7.39. The monoisotopic (exact) mass is 255 g/mol. The highest BCUT2D eigenvalue weighted by atomic mass is 16.4. The minimum Gasteiger partial charge on any atom is -0.481 e. The molecule has 0 bridgehead atoms. The van der Waals surface area contributed by atoms with Crippen LogP contribution in [0.25, 0.3) is 0 Å². The normalized spacial score (nSPS) is 17.9. The third-order valence-electron chi connectivity index (χ3n) is 3.56. The van der Waals surface area contributed by atoms with Crippen LogP contribution >= 0.6 is 0 Å². The summed E-state index contributed by atoms with van der Waals surface area (Å²) in [5, 5.41) is 11.8. The van der Waals surface area contributed by atoms with E-state index in [4.69, 9.17) is 5.11 Å². The zero-order chi connectivity index (χ0) is 13.5. The van der Waals surface area contributed by atoms with Crippen molar-refractivity contribution in [3.63, 3.8) is 0 Å². The van der Waals surface area contributed by atoms with E-state index in [0.29, 0.717) is 12.5 Å². The van der Waals surface area contributed by atoms with E-state index in [1.807, 2.05) is 0 Å². The second-order valence-corrected chi connectivity index (χ2v) is 5.82. The first-order valence-electron chi connectivity index (χ1n) is 6.98. The number of hydrogen-bond acceptors (Lipinski definition) is 2. The summed E-state index contributed by atoms with van der Waals surface area (Å²) in [7, 11) is 0. The van der Waals surface area contributed by atoms with E-state index >= 15 is 0 Å². The van der Waals surface area contributed by atoms with Crippen molar-refractivity contribution in [2.24, 2.45) is 17.8 Å². The molecule has 0 aliphatic heterocycles. The Hall–Kier alpha value is -1.06. The van der Waals surface area contributed by atoms with Crippen LogP contribution in [0.4, 0.5) is 0 Å². The van der Waals surface area contributed by atoms with E-state index < -0.39 is 5.97 Å². The van der Waals surface area contributed by atoms with Crippen molar-refractivity contribution in [3.05, 3.63) is 0 Å². The van der Waals surface area contributed by atoms with Gasteiger partial charge in [-0.15, -0.1) is 0 Å². The standard InChI is InChI=1S/C14H25NO3/c1-10(2)7-11(8-13(16)17)9-15-14(18)12-5-3-4-6-12/h10-12H,3-9H2,1-2H3,(H,15,18)(H,16,17)/t11-/m0/s1. The quantitative estimate of drug-likeness (QED) is 0.734. The lowest BCUT2D eigenvalue weighted by atomic mass is 9.94. The van der Waals surface area contributed by atoms with Crippen molar-refractivity contribution in [1.29, 1.82) is 0 Å². The number of rotatable bonds is 7. The Balaban J connectivity index is 2.35. The van der Waals surface area contributed by atoms with Gasteiger partial charge in [0, 0.05) is 18.9 Å². The molecule has 0 aromatic carbocycles. The molecule has 0 aromatic rings. The van der Waals surface area contributed by atoms with Gasteiger partial charge in [0.25, 0.3) is 0 Å². The number of nitrogens with one attached hydrogen (secondary N) is 1.